The maximum Gasteiger partial charge on any atom is 0.190 e. The van der Waals surface area contributed by atoms with Gasteiger partial charge in [-0.05, 0) is 19.3 Å². The molecule has 5 nitrogen and oxygen atoms in total. The molecule has 0 saturated carbocycles. The van der Waals surface area contributed by atoms with Crippen LogP contribution < -0.4 is 5.73 Å². The van der Waals surface area contributed by atoms with E-state index in [2.05, 4.69) is 9.89 Å². The lowest BCUT2D eigenvalue weighted by atomic mass is 10.1. The van der Waals surface area contributed by atoms with Crippen molar-refractivity contribution in [1.82, 2.24) is 4.90 Å². The first-order valence-electron chi connectivity index (χ1n) is 5.85. The van der Waals surface area contributed by atoms with Gasteiger partial charge in [0.1, 0.15) is 0 Å². The van der Waals surface area contributed by atoms with Gasteiger partial charge in [-0.2, -0.15) is 0 Å². The second-order valence-electron chi connectivity index (χ2n) is 3.99. The predicted octanol–water partition coefficient (Wildman–Crippen LogP) is 0.448. The molecule has 0 aromatic carbocycles. The van der Waals surface area contributed by atoms with E-state index in [1.54, 1.807) is 14.2 Å². The molecule has 2 N–H and O–H groups in total. The van der Waals surface area contributed by atoms with Crippen LogP contribution >= 0.6 is 0 Å². The van der Waals surface area contributed by atoms with Crippen LogP contribution in [0, 0.1) is 0 Å². The zero-order chi connectivity index (χ0) is 11.8. The first-order valence-corrected chi connectivity index (χ1v) is 5.85. The highest BCUT2D eigenvalue weighted by Crippen LogP contribution is 2.13. The Hall–Kier alpha value is -0.810. The van der Waals surface area contributed by atoms with E-state index < -0.39 is 0 Å². The summed E-state index contributed by atoms with van der Waals surface area (Å²) in [4.78, 5) is 6.09. The van der Waals surface area contributed by atoms with E-state index in [4.69, 9.17) is 15.2 Å². The molecule has 1 fully saturated rings. The molecule has 94 valence electrons. The Kier molecular flexibility index (Phi) is 6.18. The van der Waals surface area contributed by atoms with Gasteiger partial charge in [-0.15, -0.1) is 0 Å². The van der Waals surface area contributed by atoms with E-state index in [-0.39, 0.29) is 0 Å². The molecular weight excluding hydrogens is 206 g/mol. The van der Waals surface area contributed by atoms with Gasteiger partial charge in [-0.3, -0.25) is 4.99 Å². The molecule has 0 aliphatic carbocycles. The summed E-state index contributed by atoms with van der Waals surface area (Å²) in [6.07, 6.45) is 3.40. The fourth-order valence-electron chi connectivity index (χ4n) is 1.85. The summed E-state index contributed by atoms with van der Waals surface area (Å²) in [6.45, 7) is 3.44. The number of likely N-dealkylation sites (tertiary alicyclic amines) is 1. The summed E-state index contributed by atoms with van der Waals surface area (Å²) < 4.78 is 10.7. The van der Waals surface area contributed by atoms with Crippen LogP contribution in [0.1, 0.15) is 19.3 Å². The number of hydrogen-bond donors (Lipinski definition) is 1. The van der Waals surface area contributed by atoms with Crippen LogP contribution in [0.25, 0.3) is 0 Å². The first-order chi connectivity index (χ1) is 7.77. The summed E-state index contributed by atoms with van der Waals surface area (Å²) >= 11 is 0. The van der Waals surface area contributed by atoms with Crippen LogP contribution in [0.5, 0.6) is 0 Å². The average molecular weight is 229 g/mol. The zero-order valence-corrected chi connectivity index (χ0v) is 10.3. The fraction of sp³-hybridized carbons (Fsp3) is 0.909. The van der Waals surface area contributed by atoms with E-state index in [1.165, 1.54) is 0 Å². The molecule has 5 heteroatoms. The van der Waals surface area contributed by atoms with Crippen LogP contribution in [0.2, 0.25) is 0 Å². The number of piperidine rings is 1. The van der Waals surface area contributed by atoms with E-state index in [0.717, 1.165) is 45.6 Å². The Morgan fingerprint density at radius 3 is 2.62 bits per heavy atom. The molecular formula is C11H23N3O2. The van der Waals surface area contributed by atoms with Crippen molar-refractivity contribution in [3.05, 3.63) is 0 Å². The quantitative estimate of drug-likeness (QED) is 0.422. The highest BCUT2D eigenvalue weighted by molar-refractivity contribution is 5.77. The average Bonchev–Trinajstić information content (AvgIpc) is 2.34. The van der Waals surface area contributed by atoms with Gasteiger partial charge >= 0.3 is 0 Å². The van der Waals surface area contributed by atoms with Gasteiger partial charge in [0.05, 0.1) is 6.10 Å². The van der Waals surface area contributed by atoms with E-state index in [9.17, 15) is 0 Å². The third-order valence-electron chi connectivity index (χ3n) is 2.84. The van der Waals surface area contributed by atoms with Crippen molar-refractivity contribution >= 4 is 5.96 Å². The molecule has 0 aromatic rings. The number of aliphatic imine (C=N–C) groups is 1. The topological polar surface area (TPSA) is 60.1 Å². The number of nitrogens with zero attached hydrogens (tertiary/aromatic N) is 2. The second-order valence-corrected chi connectivity index (χ2v) is 3.99. The van der Waals surface area contributed by atoms with Crippen molar-refractivity contribution in [1.29, 1.82) is 0 Å². The molecule has 0 spiro atoms. The largest absolute Gasteiger partial charge is 0.385 e. The van der Waals surface area contributed by atoms with Gasteiger partial charge in [0.25, 0.3) is 0 Å². The minimum absolute atomic E-state index is 0.373. The summed E-state index contributed by atoms with van der Waals surface area (Å²) in [5, 5.41) is 0. The number of guanidine groups is 1. The fourth-order valence-corrected chi connectivity index (χ4v) is 1.85. The van der Waals surface area contributed by atoms with Crippen LogP contribution in [-0.2, 0) is 9.47 Å². The molecule has 1 rings (SSSR count). The Morgan fingerprint density at radius 1 is 1.38 bits per heavy atom. The second kappa shape index (κ2) is 7.46. The van der Waals surface area contributed by atoms with Gasteiger partial charge in [-0.1, -0.05) is 0 Å². The Labute approximate surface area is 97.6 Å². The summed E-state index contributed by atoms with van der Waals surface area (Å²) in [6, 6.07) is 0. The molecule has 0 amide bonds. The maximum absolute atomic E-state index is 5.76. The molecule has 0 unspecified atom stereocenters. The molecule has 1 heterocycles. The van der Waals surface area contributed by atoms with Gasteiger partial charge < -0.3 is 20.1 Å². The highest BCUT2D eigenvalue weighted by atomic mass is 16.5. The molecule has 0 aromatic heterocycles. The van der Waals surface area contributed by atoms with Gasteiger partial charge in [0, 0.05) is 40.5 Å². The van der Waals surface area contributed by atoms with Crippen molar-refractivity contribution in [2.75, 3.05) is 40.5 Å². The van der Waals surface area contributed by atoms with Crippen molar-refractivity contribution in [2.24, 2.45) is 10.7 Å². The van der Waals surface area contributed by atoms with Crippen LogP contribution in [-0.4, -0.2) is 57.4 Å². The Balaban J connectivity index is 2.12. The minimum Gasteiger partial charge on any atom is -0.385 e. The van der Waals surface area contributed by atoms with Gasteiger partial charge in [0.15, 0.2) is 5.96 Å². The maximum atomic E-state index is 5.76. The van der Waals surface area contributed by atoms with E-state index in [0.29, 0.717) is 12.1 Å². The van der Waals surface area contributed by atoms with E-state index >= 15 is 0 Å². The SMILES string of the molecule is CN=C(N)N1CCC(OCCCOC)CC1. The van der Waals surface area contributed by atoms with Crippen LogP contribution in [0.15, 0.2) is 4.99 Å². The van der Waals surface area contributed by atoms with Crippen molar-refractivity contribution in [2.45, 2.75) is 25.4 Å². The van der Waals surface area contributed by atoms with Crippen molar-refractivity contribution in [3.8, 4) is 0 Å². The lowest BCUT2D eigenvalue weighted by Crippen LogP contribution is -2.44. The minimum atomic E-state index is 0.373. The van der Waals surface area contributed by atoms with Gasteiger partial charge in [0.2, 0.25) is 0 Å². The number of methoxy groups -OCH3 is 1. The number of hydrogen-bond acceptors (Lipinski definition) is 3. The summed E-state index contributed by atoms with van der Waals surface area (Å²) in [5.41, 5.74) is 5.75. The first kappa shape index (κ1) is 13.3. The number of rotatable bonds is 5. The predicted molar refractivity (Wildman–Crippen MR) is 64.6 cm³/mol. The monoisotopic (exact) mass is 229 g/mol. The smallest absolute Gasteiger partial charge is 0.190 e. The molecule has 1 saturated heterocycles. The standard InChI is InChI=1S/C11H23N3O2/c1-13-11(12)14-6-4-10(5-7-14)16-9-3-8-15-2/h10H,3-9H2,1-2H3,(H2,12,13). The molecule has 16 heavy (non-hydrogen) atoms. The lowest BCUT2D eigenvalue weighted by molar-refractivity contribution is 0.0102. The normalized spacial score (nSPS) is 19.1. The van der Waals surface area contributed by atoms with Crippen molar-refractivity contribution < 1.29 is 9.47 Å². The molecule has 0 atom stereocenters. The Bertz CT molecular complexity index is 213. The Morgan fingerprint density at radius 2 is 2.06 bits per heavy atom. The third-order valence-corrected chi connectivity index (χ3v) is 2.84. The molecule has 1 aliphatic heterocycles. The van der Waals surface area contributed by atoms with E-state index in [1.807, 2.05) is 0 Å². The van der Waals surface area contributed by atoms with Gasteiger partial charge in [-0.25, -0.2) is 0 Å². The zero-order valence-electron chi connectivity index (χ0n) is 10.3. The third kappa shape index (κ3) is 4.37. The van der Waals surface area contributed by atoms with Crippen molar-refractivity contribution in [3.63, 3.8) is 0 Å². The lowest BCUT2D eigenvalue weighted by Gasteiger charge is -2.32. The number of nitrogens with two attached hydrogens (primary N) is 1. The summed E-state index contributed by atoms with van der Waals surface area (Å²) in [7, 11) is 3.44. The molecule has 0 bridgehead atoms. The summed E-state index contributed by atoms with van der Waals surface area (Å²) in [5.74, 6) is 0.637. The molecule has 1 aliphatic rings. The molecule has 0 radical (unpaired) electrons. The van der Waals surface area contributed by atoms with Crippen LogP contribution in [0.3, 0.4) is 0 Å². The van der Waals surface area contributed by atoms with Crippen LogP contribution in [0.4, 0.5) is 0 Å². The highest BCUT2D eigenvalue weighted by Gasteiger charge is 2.20. The number of ether oxygens (including phenoxy) is 2.